The predicted octanol–water partition coefficient (Wildman–Crippen LogP) is 4.58. The van der Waals surface area contributed by atoms with Crippen molar-refractivity contribution in [3.8, 4) is 0 Å². The molecule has 1 heterocycles. The molecule has 0 saturated heterocycles. The number of anilines is 1. The van der Waals surface area contributed by atoms with Crippen molar-refractivity contribution in [2.24, 2.45) is 0 Å². The van der Waals surface area contributed by atoms with Crippen LogP contribution in [0.15, 0.2) is 38.6 Å². The van der Waals surface area contributed by atoms with Gasteiger partial charge >= 0.3 is 5.97 Å². The van der Waals surface area contributed by atoms with Gasteiger partial charge < -0.3 is 10.4 Å². The lowest BCUT2D eigenvalue weighted by atomic mass is 10.2. The molecule has 0 radical (unpaired) electrons. The van der Waals surface area contributed by atoms with Crippen LogP contribution in [0.3, 0.4) is 0 Å². The minimum Gasteiger partial charge on any atom is -0.478 e. The van der Waals surface area contributed by atoms with E-state index in [1.165, 1.54) is 4.88 Å². The van der Waals surface area contributed by atoms with Crippen LogP contribution < -0.4 is 5.32 Å². The van der Waals surface area contributed by atoms with Gasteiger partial charge in [-0.3, -0.25) is 0 Å². The summed E-state index contributed by atoms with van der Waals surface area (Å²) in [6, 6.07) is 7.12. The van der Waals surface area contributed by atoms with Gasteiger partial charge in [0.25, 0.3) is 0 Å². The Morgan fingerprint density at radius 1 is 1.28 bits per heavy atom. The molecule has 0 spiro atoms. The minimum atomic E-state index is -0.936. The molecule has 1 aromatic carbocycles. The zero-order valence-electron chi connectivity index (χ0n) is 9.11. The Balaban J connectivity index is 2.09. The first-order chi connectivity index (χ1) is 8.58. The summed E-state index contributed by atoms with van der Waals surface area (Å²) in [4.78, 5) is 12.1. The monoisotopic (exact) mass is 389 g/mol. The second-order valence-corrected chi connectivity index (χ2v) is 6.25. The van der Waals surface area contributed by atoms with Gasteiger partial charge in [-0.25, -0.2) is 4.79 Å². The average molecular weight is 391 g/mol. The van der Waals surface area contributed by atoms with Crippen molar-refractivity contribution < 1.29 is 9.90 Å². The SMILES string of the molecule is O=C(O)c1ccc(NCc2sccc2Br)cc1Br. The summed E-state index contributed by atoms with van der Waals surface area (Å²) < 4.78 is 1.66. The molecule has 0 fully saturated rings. The molecular formula is C12H9Br2NO2S. The number of halogens is 2. The highest BCUT2D eigenvalue weighted by atomic mass is 79.9. The highest BCUT2D eigenvalue weighted by Crippen LogP contribution is 2.25. The maximum Gasteiger partial charge on any atom is 0.336 e. The molecule has 0 amide bonds. The number of carboxylic acids is 1. The molecule has 3 nitrogen and oxygen atoms in total. The topological polar surface area (TPSA) is 49.3 Å². The van der Waals surface area contributed by atoms with Crippen LogP contribution in [0, 0.1) is 0 Å². The van der Waals surface area contributed by atoms with Gasteiger partial charge in [0, 0.05) is 19.5 Å². The van der Waals surface area contributed by atoms with Crippen molar-refractivity contribution in [1.29, 1.82) is 0 Å². The van der Waals surface area contributed by atoms with Crippen LogP contribution in [0.5, 0.6) is 0 Å². The van der Waals surface area contributed by atoms with Crippen LogP contribution in [0.25, 0.3) is 0 Å². The number of hydrogen-bond acceptors (Lipinski definition) is 3. The molecular weight excluding hydrogens is 382 g/mol. The van der Waals surface area contributed by atoms with Gasteiger partial charge in [-0.05, 0) is 61.5 Å². The fourth-order valence-electron chi connectivity index (χ4n) is 1.43. The van der Waals surface area contributed by atoms with Crippen molar-refractivity contribution in [1.82, 2.24) is 0 Å². The summed E-state index contributed by atoms with van der Waals surface area (Å²) in [6.45, 7) is 0.705. The highest BCUT2D eigenvalue weighted by molar-refractivity contribution is 9.10. The maximum absolute atomic E-state index is 10.9. The number of rotatable bonds is 4. The van der Waals surface area contributed by atoms with E-state index < -0.39 is 5.97 Å². The van der Waals surface area contributed by atoms with Gasteiger partial charge in [-0.2, -0.15) is 0 Å². The summed E-state index contributed by atoms with van der Waals surface area (Å²) in [5.74, 6) is -0.936. The third kappa shape index (κ3) is 3.13. The van der Waals surface area contributed by atoms with E-state index in [0.29, 0.717) is 11.0 Å². The first kappa shape index (κ1) is 13.6. The molecule has 0 aliphatic heterocycles. The minimum absolute atomic E-state index is 0.262. The van der Waals surface area contributed by atoms with E-state index in [-0.39, 0.29) is 5.56 Å². The Hall–Kier alpha value is -0.850. The normalized spacial score (nSPS) is 10.3. The van der Waals surface area contributed by atoms with E-state index in [4.69, 9.17) is 5.11 Å². The molecule has 6 heteroatoms. The van der Waals surface area contributed by atoms with Gasteiger partial charge in [0.1, 0.15) is 0 Å². The van der Waals surface area contributed by atoms with Crippen molar-refractivity contribution in [3.05, 3.63) is 49.0 Å². The Morgan fingerprint density at radius 3 is 2.61 bits per heavy atom. The fourth-order valence-corrected chi connectivity index (χ4v) is 3.41. The fraction of sp³-hybridized carbons (Fsp3) is 0.0833. The standard InChI is InChI=1S/C12H9Br2NO2S/c13-9-3-4-18-11(9)6-15-7-1-2-8(12(16)17)10(14)5-7/h1-5,15H,6H2,(H,16,17). The average Bonchev–Trinajstić information content (AvgIpc) is 2.72. The number of hydrogen-bond donors (Lipinski definition) is 2. The second kappa shape index (κ2) is 5.86. The summed E-state index contributed by atoms with van der Waals surface area (Å²) in [6.07, 6.45) is 0. The summed E-state index contributed by atoms with van der Waals surface area (Å²) in [7, 11) is 0. The lowest BCUT2D eigenvalue weighted by molar-refractivity contribution is 0.0696. The van der Waals surface area contributed by atoms with Crippen molar-refractivity contribution in [2.45, 2.75) is 6.54 Å². The molecule has 2 rings (SSSR count). The van der Waals surface area contributed by atoms with E-state index in [9.17, 15) is 4.79 Å². The van der Waals surface area contributed by atoms with Gasteiger partial charge in [0.05, 0.1) is 12.1 Å². The largest absolute Gasteiger partial charge is 0.478 e. The van der Waals surface area contributed by atoms with Crippen LogP contribution in [-0.2, 0) is 6.54 Å². The molecule has 2 aromatic rings. The zero-order chi connectivity index (χ0) is 13.1. The number of benzene rings is 1. The molecule has 0 saturated carbocycles. The molecule has 94 valence electrons. The Morgan fingerprint density at radius 2 is 2.06 bits per heavy atom. The lowest BCUT2D eigenvalue weighted by Gasteiger charge is -2.07. The van der Waals surface area contributed by atoms with E-state index in [1.54, 1.807) is 29.5 Å². The number of nitrogens with one attached hydrogen (secondary N) is 1. The molecule has 18 heavy (non-hydrogen) atoms. The van der Waals surface area contributed by atoms with Crippen molar-refractivity contribution in [2.75, 3.05) is 5.32 Å². The first-order valence-corrected chi connectivity index (χ1v) is 7.53. The first-order valence-electron chi connectivity index (χ1n) is 5.06. The van der Waals surface area contributed by atoms with Crippen LogP contribution in [-0.4, -0.2) is 11.1 Å². The van der Waals surface area contributed by atoms with Gasteiger partial charge in [0.2, 0.25) is 0 Å². The molecule has 0 aliphatic rings. The quantitative estimate of drug-likeness (QED) is 0.802. The third-order valence-electron chi connectivity index (χ3n) is 2.34. The van der Waals surface area contributed by atoms with Crippen LogP contribution in [0.1, 0.15) is 15.2 Å². The van der Waals surface area contributed by atoms with E-state index in [2.05, 4.69) is 37.2 Å². The van der Waals surface area contributed by atoms with E-state index >= 15 is 0 Å². The zero-order valence-corrected chi connectivity index (χ0v) is 13.1. The van der Waals surface area contributed by atoms with E-state index in [1.807, 2.05) is 11.4 Å². The number of thiophene rings is 1. The number of carbonyl (C=O) groups is 1. The number of aromatic carboxylic acids is 1. The summed E-state index contributed by atoms with van der Waals surface area (Å²) in [5.41, 5.74) is 1.14. The molecule has 0 atom stereocenters. The second-order valence-electron chi connectivity index (χ2n) is 3.55. The molecule has 0 aliphatic carbocycles. The Kier molecular flexibility index (Phi) is 4.42. The van der Waals surface area contributed by atoms with Crippen LogP contribution >= 0.6 is 43.2 Å². The smallest absolute Gasteiger partial charge is 0.336 e. The van der Waals surface area contributed by atoms with Crippen molar-refractivity contribution >= 4 is 54.9 Å². The number of carboxylic acid groups (broad SMARTS) is 1. The lowest BCUT2D eigenvalue weighted by Crippen LogP contribution is -2.01. The Bertz CT molecular complexity index is 583. The molecule has 0 bridgehead atoms. The predicted molar refractivity (Wildman–Crippen MR) is 80.4 cm³/mol. The summed E-state index contributed by atoms with van der Waals surface area (Å²) in [5, 5.41) is 14.2. The molecule has 0 unspecified atom stereocenters. The molecule has 2 N–H and O–H groups in total. The Labute approximate surface area is 125 Å². The molecule has 1 aromatic heterocycles. The highest BCUT2D eigenvalue weighted by Gasteiger charge is 2.08. The van der Waals surface area contributed by atoms with Gasteiger partial charge in [0.15, 0.2) is 0 Å². The van der Waals surface area contributed by atoms with E-state index in [0.717, 1.165) is 10.2 Å². The van der Waals surface area contributed by atoms with Crippen molar-refractivity contribution in [3.63, 3.8) is 0 Å². The summed E-state index contributed by atoms with van der Waals surface area (Å²) >= 11 is 8.39. The third-order valence-corrected chi connectivity index (χ3v) is 4.93. The maximum atomic E-state index is 10.9. The van der Waals surface area contributed by atoms with Gasteiger partial charge in [-0.15, -0.1) is 11.3 Å². The van der Waals surface area contributed by atoms with Crippen LogP contribution in [0.2, 0.25) is 0 Å². The van der Waals surface area contributed by atoms with Crippen LogP contribution in [0.4, 0.5) is 5.69 Å². The van der Waals surface area contributed by atoms with Gasteiger partial charge in [-0.1, -0.05) is 0 Å².